The van der Waals surface area contributed by atoms with Gasteiger partial charge in [-0.3, -0.25) is 9.52 Å². The van der Waals surface area contributed by atoms with Crippen molar-refractivity contribution in [3.63, 3.8) is 0 Å². The molecule has 0 aliphatic rings. The Bertz CT molecular complexity index is 1910. The van der Waals surface area contributed by atoms with Crippen LogP contribution in [0.4, 0.5) is 5.69 Å². The monoisotopic (exact) mass is 597 g/mol. The van der Waals surface area contributed by atoms with Gasteiger partial charge in [-0.1, -0.05) is 59.6 Å². The molecule has 8 nitrogen and oxygen atoms in total. The number of nitrogens with zero attached hydrogens (tertiary/aromatic N) is 1. The molecule has 0 unspecified atom stereocenters. The molecule has 0 saturated carbocycles. The Balaban J connectivity index is 1.31. The molecule has 42 heavy (non-hydrogen) atoms. The van der Waals surface area contributed by atoms with Gasteiger partial charge in [-0.05, 0) is 84.4 Å². The fraction of sp³-hybridized carbons (Fsp3) is 0.0312. The summed E-state index contributed by atoms with van der Waals surface area (Å²) in [4.78, 5) is 25.7. The fourth-order valence-corrected chi connectivity index (χ4v) is 5.27. The number of aryl methyl sites for hydroxylation is 1. The molecule has 5 aromatic carbocycles. The number of halogens is 1. The number of hydrazone groups is 1. The number of ether oxygens (including phenoxy) is 1. The average molecular weight is 598 g/mol. The largest absolute Gasteiger partial charge is 0.422 e. The number of rotatable bonds is 8. The zero-order valence-electron chi connectivity index (χ0n) is 22.2. The molecular formula is C32H24ClN3O5S. The van der Waals surface area contributed by atoms with Gasteiger partial charge < -0.3 is 4.74 Å². The van der Waals surface area contributed by atoms with Crippen LogP contribution >= 0.6 is 11.6 Å². The molecule has 5 aromatic rings. The molecule has 0 heterocycles. The minimum absolute atomic E-state index is 0.135. The van der Waals surface area contributed by atoms with E-state index in [4.69, 9.17) is 16.3 Å². The fourth-order valence-electron chi connectivity index (χ4n) is 4.08. The van der Waals surface area contributed by atoms with E-state index in [1.54, 1.807) is 42.5 Å². The number of sulfonamides is 1. The van der Waals surface area contributed by atoms with Gasteiger partial charge in [0.2, 0.25) is 0 Å². The van der Waals surface area contributed by atoms with Crippen molar-refractivity contribution >= 4 is 56.2 Å². The number of fused-ring (bicyclic) bond motifs is 1. The Hall–Kier alpha value is -4.99. The van der Waals surface area contributed by atoms with Crippen molar-refractivity contribution in [1.82, 2.24) is 5.43 Å². The Morgan fingerprint density at radius 2 is 1.48 bits per heavy atom. The molecule has 10 heteroatoms. The molecule has 0 spiro atoms. The maximum Gasteiger partial charge on any atom is 0.343 e. The lowest BCUT2D eigenvalue weighted by molar-refractivity contribution is 0.0734. The molecule has 0 saturated heterocycles. The third-order valence-electron chi connectivity index (χ3n) is 6.30. The van der Waals surface area contributed by atoms with E-state index in [1.165, 1.54) is 42.6 Å². The van der Waals surface area contributed by atoms with Crippen LogP contribution < -0.4 is 14.9 Å². The Labute approximate surface area is 247 Å². The minimum atomic E-state index is -3.77. The smallest absolute Gasteiger partial charge is 0.343 e. The van der Waals surface area contributed by atoms with Crippen LogP contribution in [0.2, 0.25) is 5.02 Å². The lowest BCUT2D eigenvalue weighted by Gasteiger charge is -2.11. The Kier molecular flexibility index (Phi) is 8.33. The third-order valence-corrected chi connectivity index (χ3v) is 7.95. The number of amides is 1. The number of benzene rings is 5. The van der Waals surface area contributed by atoms with Crippen molar-refractivity contribution in [3.05, 3.63) is 136 Å². The van der Waals surface area contributed by atoms with Gasteiger partial charge in [0.15, 0.2) is 0 Å². The predicted octanol–water partition coefficient (Wildman–Crippen LogP) is 6.59. The molecule has 0 fully saturated rings. The zero-order valence-corrected chi connectivity index (χ0v) is 23.8. The highest BCUT2D eigenvalue weighted by Gasteiger charge is 2.16. The van der Waals surface area contributed by atoms with Crippen LogP contribution in [0.3, 0.4) is 0 Å². The van der Waals surface area contributed by atoms with E-state index in [1.807, 2.05) is 37.3 Å². The zero-order chi connectivity index (χ0) is 29.7. The molecule has 1 amide bonds. The minimum Gasteiger partial charge on any atom is -0.422 e. The molecule has 0 radical (unpaired) electrons. The van der Waals surface area contributed by atoms with Crippen molar-refractivity contribution in [1.29, 1.82) is 0 Å². The van der Waals surface area contributed by atoms with Crippen molar-refractivity contribution in [2.24, 2.45) is 5.10 Å². The first-order chi connectivity index (χ1) is 20.2. The summed E-state index contributed by atoms with van der Waals surface area (Å²) in [6, 6.07) is 29.7. The predicted molar refractivity (Wildman–Crippen MR) is 164 cm³/mol. The van der Waals surface area contributed by atoms with E-state index < -0.39 is 21.9 Å². The summed E-state index contributed by atoms with van der Waals surface area (Å²) in [6.45, 7) is 1.87. The van der Waals surface area contributed by atoms with Crippen LogP contribution in [-0.4, -0.2) is 26.5 Å². The Morgan fingerprint density at radius 3 is 2.19 bits per heavy atom. The third kappa shape index (κ3) is 6.65. The SMILES string of the molecule is Cc1ccc(S(=O)(=O)Nc2ccc(C(=O)N/N=C\c3c(OC(=O)c4ccc(Cl)cc4)ccc4ccccc34)cc2)cc1. The average Bonchev–Trinajstić information content (AvgIpc) is 2.98. The number of nitrogens with one attached hydrogen (secondary N) is 2. The van der Waals surface area contributed by atoms with E-state index in [2.05, 4.69) is 15.2 Å². The van der Waals surface area contributed by atoms with E-state index in [9.17, 15) is 18.0 Å². The number of anilines is 1. The summed E-state index contributed by atoms with van der Waals surface area (Å²) >= 11 is 5.92. The molecule has 0 aromatic heterocycles. The van der Waals surface area contributed by atoms with Crippen LogP contribution in [0.25, 0.3) is 10.8 Å². The first-order valence-corrected chi connectivity index (χ1v) is 14.6. The highest BCUT2D eigenvalue weighted by molar-refractivity contribution is 7.92. The first kappa shape index (κ1) is 28.5. The normalized spacial score (nSPS) is 11.4. The lowest BCUT2D eigenvalue weighted by atomic mass is 10.0. The second-order valence-electron chi connectivity index (χ2n) is 9.29. The number of hydrogen-bond acceptors (Lipinski definition) is 6. The van der Waals surface area contributed by atoms with Crippen molar-refractivity contribution in [3.8, 4) is 5.75 Å². The Morgan fingerprint density at radius 1 is 0.810 bits per heavy atom. The molecule has 2 N–H and O–H groups in total. The summed E-state index contributed by atoms with van der Waals surface area (Å²) in [6.07, 6.45) is 1.41. The maximum absolute atomic E-state index is 12.8. The van der Waals surface area contributed by atoms with Crippen LogP contribution in [0, 0.1) is 6.92 Å². The van der Waals surface area contributed by atoms with Gasteiger partial charge in [-0.25, -0.2) is 18.6 Å². The van der Waals surface area contributed by atoms with Crippen molar-refractivity contribution in [2.75, 3.05) is 4.72 Å². The summed E-state index contributed by atoms with van der Waals surface area (Å²) in [5.41, 5.74) is 4.80. The highest BCUT2D eigenvalue weighted by Crippen LogP contribution is 2.28. The van der Waals surface area contributed by atoms with Crippen LogP contribution in [-0.2, 0) is 10.0 Å². The van der Waals surface area contributed by atoms with Crippen molar-refractivity contribution < 1.29 is 22.7 Å². The van der Waals surface area contributed by atoms with Gasteiger partial charge >= 0.3 is 5.97 Å². The molecule has 0 aliphatic heterocycles. The van der Waals surface area contributed by atoms with Gasteiger partial charge in [0.05, 0.1) is 16.7 Å². The van der Waals surface area contributed by atoms with Crippen LogP contribution in [0.5, 0.6) is 5.75 Å². The summed E-state index contributed by atoms with van der Waals surface area (Å²) in [7, 11) is -3.77. The maximum atomic E-state index is 12.8. The molecule has 0 bridgehead atoms. The van der Waals surface area contributed by atoms with Gasteiger partial charge in [-0.2, -0.15) is 5.10 Å². The summed E-state index contributed by atoms with van der Waals surface area (Å²) < 4.78 is 33.5. The second kappa shape index (κ2) is 12.3. The molecule has 210 valence electrons. The number of carbonyl (C=O) groups excluding carboxylic acids is 2. The van der Waals surface area contributed by atoms with Crippen molar-refractivity contribution in [2.45, 2.75) is 11.8 Å². The second-order valence-corrected chi connectivity index (χ2v) is 11.4. The molecule has 5 rings (SSSR count). The standard InChI is InChI=1S/C32H24ClN3O5S/c1-21-6-17-27(18-7-21)42(39,40)36-26-15-10-23(11-16-26)31(37)35-34-20-29-28-5-3-2-4-22(28)12-19-30(29)41-32(38)24-8-13-25(33)14-9-24/h2-20,36H,1H3,(H,35,37)/b34-20-. The number of esters is 1. The molecule has 0 atom stereocenters. The van der Waals surface area contributed by atoms with E-state index in [0.29, 0.717) is 21.8 Å². The molecular weight excluding hydrogens is 574 g/mol. The van der Waals surface area contributed by atoms with Gasteiger partial charge in [-0.15, -0.1) is 0 Å². The van der Waals surface area contributed by atoms with Gasteiger partial charge in [0.25, 0.3) is 15.9 Å². The van der Waals surface area contributed by atoms with Crippen LogP contribution in [0.1, 0.15) is 31.8 Å². The summed E-state index contributed by atoms with van der Waals surface area (Å²) in [5, 5.41) is 6.26. The van der Waals surface area contributed by atoms with E-state index in [0.717, 1.165) is 16.3 Å². The van der Waals surface area contributed by atoms with Gasteiger partial charge in [0, 0.05) is 21.8 Å². The van der Waals surface area contributed by atoms with E-state index >= 15 is 0 Å². The van der Waals surface area contributed by atoms with E-state index in [-0.39, 0.29) is 16.2 Å². The van der Waals surface area contributed by atoms with Gasteiger partial charge in [0.1, 0.15) is 5.75 Å². The number of carbonyl (C=O) groups is 2. The summed E-state index contributed by atoms with van der Waals surface area (Å²) in [5.74, 6) is -0.824. The van der Waals surface area contributed by atoms with Crippen LogP contribution in [0.15, 0.2) is 119 Å². The quantitative estimate of drug-likeness (QED) is 0.0907. The molecule has 0 aliphatic carbocycles. The number of hydrogen-bond donors (Lipinski definition) is 2. The lowest BCUT2D eigenvalue weighted by Crippen LogP contribution is -2.18. The highest BCUT2D eigenvalue weighted by atomic mass is 35.5. The first-order valence-electron chi connectivity index (χ1n) is 12.7. The topological polar surface area (TPSA) is 114 Å².